The topological polar surface area (TPSA) is 51.1 Å². The summed E-state index contributed by atoms with van der Waals surface area (Å²) >= 11 is 0. The zero-order chi connectivity index (χ0) is 17.8. The highest BCUT2D eigenvalue weighted by molar-refractivity contribution is 6.06. The number of fused-ring (bicyclic) bond motifs is 1. The molecule has 0 spiro atoms. The van der Waals surface area contributed by atoms with Gasteiger partial charge in [0.25, 0.3) is 11.5 Å². The standard InChI is InChI=1S/C21H22N2O2/c1-3-11-22-21(25)18-13-20(24)23(19-10-5-4-9-17(18)19)14-16-8-6-7-15(2)12-16/h4-10,12-13H,3,11,14H2,1-2H3,(H,22,25). The third kappa shape index (κ3) is 3.63. The molecule has 0 radical (unpaired) electrons. The minimum atomic E-state index is -0.196. The molecule has 0 aliphatic heterocycles. The number of hydrogen-bond acceptors (Lipinski definition) is 2. The van der Waals surface area contributed by atoms with E-state index in [2.05, 4.69) is 11.4 Å². The summed E-state index contributed by atoms with van der Waals surface area (Å²) in [5, 5.41) is 3.65. The molecule has 1 amide bonds. The van der Waals surface area contributed by atoms with Crippen LogP contribution in [0.25, 0.3) is 10.9 Å². The summed E-state index contributed by atoms with van der Waals surface area (Å²) in [4.78, 5) is 25.1. The van der Waals surface area contributed by atoms with E-state index in [0.717, 1.165) is 28.5 Å². The molecule has 3 aromatic rings. The third-order valence-electron chi connectivity index (χ3n) is 4.22. The maximum Gasteiger partial charge on any atom is 0.252 e. The molecule has 25 heavy (non-hydrogen) atoms. The molecule has 128 valence electrons. The molecule has 0 saturated heterocycles. The highest BCUT2D eigenvalue weighted by Gasteiger charge is 2.14. The lowest BCUT2D eigenvalue weighted by Gasteiger charge is -2.14. The van der Waals surface area contributed by atoms with Crippen LogP contribution in [0.1, 0.15) is 34.8 Å². The van der Waals surface area contributed by atoms with Gasteiger partial charge >= 0.3 is 0 Å². The van der Waals surface area contributed by atoms with Crippen molar-refractivity contribution in [2.45, 2.75) is 26.8 Å². The van der Waals surface area contributed by atoms with Crippen molar-refractivity contribution < 1.29 is 4.79 Å². The first-order valence-corrected chi connectivity index (χ1v) is 8.56. The molecule has 2 aromatic carbocycles. The Balaban J connectivity index is 2.10. The summed E-state index contributed by atoms with van der Waals surface area (Å²) in [6.45, 7) is 5.11. The predicted molar refractivity (Wildman–Crippen MR) is 101 cm³/mol. The van der Waals surface area contributed by atoms with E-state index in [9.17, 15) is 9.59 Å². The zero-order valence-electron chi connectivity index (χ0n) is 14.6. The molecule has 4 heteroatoms. The number of aromatic nitrogens is 1. The lowest BCUT2D eigenvalue weighted by Crippen LogP contribution is -2.28. The molecule has 0 atom stereocenters. The first-order chi connectivity index (χ1) is 12.1. The van der Waals surface area contributed by atoms with Crippen LogP contribution in [0.5, 0.6) is 0 Å². The summed E-state index contributed by atoms with van der Waals surface area (Å²) < 4.78 is 1.72. The van der Waals surface area contributed by atoms with E-state index in [1.165, 1.54) is 6.07 Å². The van der Waals surface area contributed by atoms with Crippen molar-refractivity contribution in [2.24, 2.45) is 0 Å². The number of aryl methyl sites for hydroxylation is 1. The lowest BCUT2D eigenvalue weighted by atomic mass is 10.1. The molecule has 1 N–H and O–H groups in total. The number of hydrogen-bond donors (Lipinski definition) is 1. The fraction of sp³-hybridized carbons (Fsp3) is 0.238. The Kier molecular flexibility index (Phi) is 4.98. The van der Waals surface area contributed by atoms with Gasteiger partial charge in [0.15, 0.2) is 0 Å². The van der Waals surface area contributed by atoms with Gasteiger partial charge in [-0.3, -0.25) is 9.59 Å². The van der Waals surface area contributed by atoms with Gasteiger partial charge in [0.2, 0.25) is 0 Å². The van der Waals surface area contributed by atoms with Crippen LogP contribution < -0.4 is 10.9 Å². The second kappa shape index (κ2) is 7.34. The number of nitrogens with zero attached hydrogens (tertiary/aromatic N) is 1. The van der Waals surface area contributed by atoms with Crippen molar-refractivity contribution in [1.29, 1.82) is 0 Å². The number of nitrogens with one attached hydrogen (secondary N) is 1. The monoisotopic (exact) mass is 334 g/mol. The number of rotatable bonds is 5. The fourth-order valence-corrected chi connectivity index (χ4v) is 3.01. The number of carbonyl (C=O) groups is 1. The van der Waals surface area contributed by atoms with Gasteiger partial charge in [-0.2, -0.15) is 0 Å². The normalized spacial score (nSPS) is 10.8. The number of carbonyl (C=O) groups excluding carboxylic acids is 1. The Hall–Kier alpha value is -2.88. The quantitative estimate of drug-likeness (QED) is 0.776. The maximum absolute atomic E-state index is 12.7. The van der Waals surface area contributed by atoms with Crippen LogP contribution in [0.3, 0.4) is 0 Å². The minimum Gasteiger partial charge on any atom is -0.352 e. The van der Waals surface area contributed by atoms with Crippen LogP contribution in [0.2, 0.25) is 0 Å². The summed E-state index contributed by atoms with van der Waals surface area (Å²) in [5.74, 6) is -0.196. The van der Waals surface area contributed by atoms with Gasteiger partial charge in [-0.15, -0.1) is 0 Å². The number of pyridine rings is 1. The summed E-state index contributed by atoms with van der Waals surface area (Å²) in [5.41, 5.74) is 3.27. The molecular weight excluding hydrogens is 312 g/mol. The molecule has 0 saturated carbocycles. The number of para-hydroxylation sites is 1. The van der Waals surface area contributed by atoms with Gasteiger partial charge in [0.1, 0.15) is 0 Å². The molecule has 1 aromatic heterocycles. The van der Waals surface area contributed by atoms with E-state index in [4.69, 9.17) is 0 Å². The number of amides is 1. The van der Waals surface area contributed by atoms with E-state index >= 15 is 0 Å². The molecule has 0 aliphatic carbocycles. The maximum atomic E-state index is 12.7. The van der Waals surface area contributed by atoms with Crippen LogP contribution in [0.15, 0.2) is 59.4 Å². The Labute approximate surface area is 147 Å². The Morgan fingerprint density at radius 2 is 1.88 bits per heavy atom. The van der Waals surface area contributed by atoms with E-state index < -0.39 is 0 Å². The van der Waals surface area contributed by atoms with Gasteiger partial charge in [-0.25, -0.2) is 0 Å². The number of benzene rings is 2. The highest BCUT2D eigenvalue weighted by atomic mass is 16.2. The zero-order valence-corrected chi connectivity index (χ0v) is 14.6. The van der Waals surface area contributed by atoms with Crippen LogP contribution in [-0.4, -0.2) is 17.0 Å². The van der Waals surface area contributed by atoms with E-state index in [0.29, 0.717) is 18.7 Å². The van der Waals surface area contributed by atoms with Crippen molar-refractivity contribution in [1.82, 2.24) is 9.88 Å². The van der Waals surface area contributed by atoms with Gasteiger partial charge in [0.05, 0.1) is 17.6 Å². The van der Waals surface area contributed by atoms with Crippen LogP contribution >= 0.6 is 0 Å². The SMILES string of the molecule is CCCNC(=O)c1cc(=O)n(Cc2cccc(C)c2)c2ccccc12. The Bertz CT molecular complexity index is 973. The predicted octanol–water partition coefficient (Wildman–Crippen LogP) is 3.50. The van der Waals surface area contributed by atoms with Crippen molar-refractivity contribution in [3.8, 4) is 0 Å². The first-order valence-electron chi connectivity index (χ1n) is 8.56. The van der Waals surface area contributed by atoms with Gasteiger partial charge in [0, 0.05) is 18.0 Å². The minimum absolute atomic E-state index is 0.165. The highest BCUT2D eigenvalue weighted by Crippen LogP contribution is 2.18. The molecule has 1 heterocycles. The molecule has 4 nitrogen and oxygen atoms in total. The smallest absolute Gasteiger partial charge is 0.252 e. The summed E-state index contributed by atoms with van der Waals surface area (Å²) in [6, 6.07) is 17.1. The van der Waals surface area contributed by atoms with Crippen LogP contribution in [-0.2, 0) is 6.54 Å². The summed E-state index contributed by atoms with van der Waals surface area (Å²) in [6.07, 6.45) is 0.855. The third-order valence-corrected chi connectivity index (χ3v) is 4.22. The van der Waals surface area contributed by atoms with Crippen LogP contribution in [0, 0.1) is 6.92 Å². The summed E-state index contributed by atoms with van der Waals surface area (Å²) in [7, 11) is 0. The molecule has 0 unspecified atom stereocenters. The van der Waals surface area contributed by atoms with Crippen molar-refractivity contribution in [3.63, 3.8) is 0 Å². The van der Waals surface area contributed by atoms with Gasteiger partial charge in [-0.05, 0) is 25.0 Å². The van der Waals surface area contributed by atoms with Crippen molar-refractivity contribution >= 4 is 16.8 Å². The van der Waals surface area contributed by atoms with Gasteiger partial charge in [-0.1, -0.05) is 55.0 Å². The Morgan fingerprint density at radius 3 is 2.64 bits per heavy atom. The second-order valence-electron chi connectivity index (χ2n) is 6.24. The van der Waals surface area contributed by atoms with Crippen molar-refractivity contribution in [3.05, 3.63) is 81.6 Å². The molecule has 0 bridgehead atoms. The van der Waals surface area contributed by atoms with Crippen molar-refractivity contribution in [2.75, 3.05) is 6.54 Å². The average Bonchev–Trinajstić information content (AvgIpc) is 2.62. The van der Waals surface area contributed by atoms with E-state index in [1.54, 1.807) is 4.57 Å². The first kappa shape index (κ1) is 17.0. The fourth-order valence-electron chi connectivity index (χ4n) is 3.01. The van der Waals surface area contributed by atoms with Crippen LogP contribution in [0.4, 0.5) is 0 Å². The van der Waals surface area contributed by atoms with E-state index in [1.807, 2.05) is 56.3 Å². The lowest BCUT2D eigenvalue weighted by molar-refractivity contribution is 0.0955. The molecule has 0 aliphatic rings. The molecule has 0 fully saturated rings. The molecular formula is C21H22N2O2. The average molecular weight is 334 g/mol. The molecule has 3 rings (SSSR count). The Morgan fingerprint density at radius 1 is 1.08 bits per heavy atom. The van der Waals surface area contributed by atoms with Gasteiger partial charge < -0.3 is 9.88 Å². The second-order valence-corrected chi connectivity index (χ2v) is 6.24. The van der Waals surface area contributed by atoms with E-state index in [-0.39, 0.29) is 11.5 Å². The largest absolute Gasteiger partial charge is 0.352 e.